The number of hydrogen-bond donors (Lipinski definition) is 0. The van der Waals surface area contributed by atoms with Crippen molar-refractivity contribution in [2.24, 2.45) is 0 Å². The third-order valence-electron chi connectivity index (χ3n) is 9.50. The van der Waals surface area contributed by atoms with Crippen LogP contribution in [-0.4, -0.2) is 15.0 Å². The van der Waals surface area contributed by atoms with Crippen LogP contribution in [0.5, 0.6) is 0 Å². The molecule has 0 saturated carbocycles. The summed E-state index contributed by atoms with van der Waals surface area (Å²) in [5, 5.41) is 9.09. The van der Waals surface area contributed by atoms with Gasteiger partial charge in [0.15, 0.2) is 17.5 Å². The summed E-state index contributed by atoms with van der Waals surface area (Å²) in [6, 6.07) is 57.0. The summed E-state index contributed by atoms with van der Waals surface area (Å²) >= 11 is 0. The van der Waals surface area contributed by atoms with Crippen molar-refractivity contribution >= 4 is 54.3 Å². The molecule has 10 aromatic rings. The van der Waals surface area contributed by atoms with E-state index in [1.54, 1.807) is 0 Å². The Hall–Kier alpha value is -6.65. The molecule has 0 N–H and O–H groups in total. The number of para-hydroxylation sites is 1. The highest BCUT2D eigenvalue weighted by molar-refractivity contribution is 6.08. The molecular formula is C45H27N3O. The Bertz CT molecular complexity index is 2810. The smallest absolute Gasteiger partial charge is 0.164 e. The Labute approximate surface area is 282 Å². The highest BCUT2D eigenvalue weighted by atomic mass is 16.3. The molecule has 10 rings (SSSR count). The number of fused-ring (bicyclic) bond motifs is 6. The Balaban J connectivity index is 1.17. The molecule has 0 fully saturated rings. The van der Waals surface area contributed by atoms with Crippen molar-refractivity contribution in [2.45, 2.75) is 0 Å². The molecule has 0 aliphatic heterocycles. The van der Waals surface area contributed by atoms with E-state index in [1.807, 2.05) is 12.1 Å². The lowest BCUT2D eigenvalue weighted by Crippen LogP contribution is -2.00. The second kappa shape index (κ2) is 11.0. The van der Waals surface area contributed by atoms with Crippen LogP contribution in [0.1, 0.15) is 0 Å². The van der Waals surface area contributed by atoms with Crippen LogP contribution in [0.4, 0.5) is 0 Å². The van der Waals surface area contributed by atoms with E-state index in [0.717, 1.165) is 71.3 Å². The van der Waals surface area contributed by atoms with Crippen molar-refractivity contribution in [1.82, 2.24) is 15.0 Å². The average Bonchev–Trinajstić information content (AvgIpc) is 3.55. The maximum Gasteiger partial charge on any atom is 0.164 e. The van der Waals surface area contributed by atoms with Crippen LogP contribution in [0.2, 0.25) is 0 Å². The first-order valence-electron chi connectivity index (χ1n) is 16.4. The molecule has 228 valence electrons. The van der Waals surface area contributed by atoms with Gasteiger partial charge in [-0.25, -0.2) is 15.0 Å². The number of hydrogen-bond acceptors (Lipinski definition) is 4. The Morgan fingerprint density at radius 1 is 0.306 bits per heavy atom. The monoisotopic (exact) mass is 625 g/mol. The molecule has 2 heterocycles. The van der Waals surface area contributed by atoms with Crippen LogP contribution >= 0.6 is 0 Å². The van der Waals surface area contributed by atoms with Crippen LogP contribution < -0.4 is 0 Å². The topological polar surface area (TPSA) is 51.8 Å². The normalized spacial score (nSPS) is 11.7. The fourth-order valence-corrected chi connectivity index (χ4v) is 7.06. The van der Waals surface area contributed by atoms with Crippen molar-refractivity contribution in [3.05, 3.63) is 164 Å². The van der Waals surface area contributed by atoms with Gasteiger partial charge in [-0.1, -0.05) is 133 Å². The van der Waals surface area contributed by atoms with E-state index in [2.05, 4.69) is 152 Å². The van der Waals surface area contributed by atoms with Crippen LogP contribution in [-0.2, 0) is 0 Å². The van der Waals surface area contributed by atoms with Crippen LogP contribution in [0.15, 0.2) is 168 Å². The van der Waals surface area contributed by atoms with E-state index in [-0.39, 0.29) is 0 Å². The number of rotatable bonds is 4. The average molecular weight is 626 g/mol. The zero-order valence-electron chi connectivity index (χ0n) is 26.3. The Kier molecular flexibility index (Phi) is 6.15. The summed E-state index contributed by atoms with van der Waals surface area (Å²) < 4.78 is 6.26. The molecular weight excluding hydrogens is 599 g/mol. The first-order valence-corrected chi connectivity index (χ1v) is 16.4. The predicted octanol–water partition coefficient (Wildman–Crippen LogP) is 11.9. The zero-order chi connectivity index (χ0) is 32.3. The van der Waals surface area contributed by atoms with Gasteiger partial charge >= 0.3 is 0 Å². The van der Waals surface area contributed by atoms with Gasteiger partial charge in [0.1, 0.15) is 11.2 Å². The summed E-state index contributed by atoms with van der Waals surface area (Å²) in [7, 11) is 0. The van der Waals surface area contributed by atoms with E-state index in [0.29, 0.717) is 17.5 Å². The summed E-state index contributed by atoms with van der Waals surface area (Å²) in [6.07, 6.45) is 0. The number of furan rings is 1. The van der Waals surface area contributed by atoms with Crippen LogP contribution in [0, 0.1) is 0 Å². The van der Waals surface area contributed by atoms with Crippen LogP contribution in [0.25, 0.3) is 99.5 Å². The molecule has 0 amide bonds. The predicted molar refractivity (Wildman–Crippen MR) is 201 cm³/mol. The molecule has 0 atom stereocenters. The van der Waals surface area contributed by atoms with Crippen LogP contribution in [0.3, 0.4) is 0 Å². The minimum atomic E-state index is 0.636. The summed E-state index contributed by atoms with van der Waals surface area (Å²) in [4.78, 5) is 15.4. The summed E-state index contributed by atoms with van der Waals surface area (Å²) in [6.45, 7) is 0. The van der Waals surface area contributed by atoms with Crippen molar-refractivity contribution in [3.63, 3.8) is 0 Å². The second-order valence-corrected chi connectivity index (χ2v) is 12.4. The van der Waals surface area contributed by atoms with Gasteiger partial charge in [0, 0.05) is 27.5 Å². The molecule has 49 heavy (non-hydrogen) atoms. The zero-order valence-corrected chi connectivity index (χ0v) is 26.3. The Morgan fingerprint density at radius 3 is 1.51 bits per heavy atom. The first kappa shape index (κ1) is 27.5. The van der Waals surface area contributed by atoms with Gasteiger partial charge in [-0.2, -0.15) is 0 Å². The van der Waals surface area contributed by atoms with Crippen molar-refractivity contribution in [1.29, 1.82) is 0 Å². The lowest BCUT2D eigenvalue weighted by atomic mass is 9.94. The molecule has 0 bridgehead atoms. The molecule has 0 unspecified atom stereocenters. The highest BCUT2D eigenvalue weighted by Gasteiger charge is 2.17. The van der Waals surface area contributed by atoms with Gasteiger partial charge in [0.05, 0.1) is 0 Å². The van der Waals surface area contributed by atoms with E-state index >= 15 is 0 Å². The Morgan fingerprint density at radius 2 is 0.816 bits per heavy atom. The van der Waals surface area contributed by atoms with Crippen molar-refractivity contribution in [2.75, 3.05) is 0 Å². The summed E-state index contributed by atoms with van der Waals surface area (Å²) in [5.41, 5.74) is 6.85. The maximum atomic E-state index is 6.26. The standard InChI is InChI=1S/C45H27N3O/c1-3-11-30-25-33(21-19-28(30)9-1)43-46-44(34-22-20-29-10-2-4-12-31(29)26-34)48-45(47-43)40-17-8-15-36-35(14-7-16-37(36)40)32-23-24-39-38-13-5-6-18-41(38)49-42(39)27-32/h1-27H. The van der Waals surface area contributed by atoms with Gasteiger partial charge in [-0.05, 0) is 73.8 Å². The quantitative estimate of drug-likeness (QED) is 0.195. The molecule has 0 spiro atoms. The molecule has 0 saturated heterocycles. The number of nitrogens with zero attached hydrogens (tertiary/aromatic N) is 3. The minimum Gasteiger partial charge on any atom is -0.456 e. The second-order valence-electron chi connectivity index (χ2n) is 12.4. The van der Waals surface area contributed by atoms with E-state index < -0.39 is 0 Å². The third-order valence-corrected chi connectivity index (χ3v) is 9.50. The molecule has 8 aromatic carbocycles. The van der Waals surface area contributed by atoms with E-state index in [1.165, 1.54) is 10.8 Å². The first-order chi connectivity index (χ1) is 24.2. The molecule has 4 heteroatoms. The maximum absolute atomic E-state index is 6.26. The van der Waals surface area contributed by atoms with Crippen molar-refractivity contribution in [3.8, 4) is 45.3 Å². The number of benzene rings is 8. The molecule has 0 aliphatic carbocycles. The fraction of sp³-hybridized carbons (Fsp3) is 0. The van der Waals surface area contributed by atoms with Gasteiger partial charge in [-0.3, -0.25) is 0 Å². The molecule has 4 nitrogen and oxygen atoms in total. The molecule has 0 aliphatic rings. The molecule has 0 radical (unpaired) electrons. The SMILES string of the molecule is c1ccc2cc(-c3nc(-c4ccc5ccccc5c4)nc(-c4cccc5c(-c6ccc7c(c6)oc6ccccc67)cccc45)n3)ccc2c1. The highest BCUT2D eigenvalue weighted by Crippen LogP contribution is 2.38. The van der Waals surface area contributed by atoms with Crippen molar-refractivity contribution < 1.29 is 4.42 Å². The van der Waals surface area contributed by atoms with E-state index in [4.69, 9.17) is 19.4 Å². The lowest BCUT2D eigenvalue weighted by molar-refractivity contribution is 0.669. The van der Waals surface area contributed by atoms with Gasteiger partial charge in [-0.15, -0.1) is 0 Å². The largest absolute Gasteiger partial charge is 0.456 e. The number of aromatic nitrogens is 3. The third kappa shape index (κ3) is 4.65. The molecule has 2 aromatic heterocycles. The lowest BCUT2D eigenvalue weighted by Gasteiger charge is -2.13. The fourth-order valence-electron chi connectivity index (χ4n) is 7.06. The minimum absolute atomic E-state index is 0.636. The van der Waals surface area contributed by atoms with Gasteiger partial charge in [0.2, 0.25) is 0 Å². The summed E-state index contributed by atoms with van der Waals surface area (Å²) in [5.74, 6) is 1.92. The van der Waals surface area contributed by atoms with Gasteiger partial charge in [0.25, 0.3) is 0 Å². The van der Waals surface area contributed by atoms with Gasteiger partial charge < -0.3 is 4.42 Å². The van der Waals surface area contributed by atoms with E-state index in [9.17, 15) is 0 Å².